The van der Waals surface area contributed by atoms with Gasteiger partial charge in [0.25, 0.3) is 0 Å². The summed E-state index contributed by atoms with van der Waals surface area (Å²) in [6, 6.07) is 2.89. The molecule has 1 saturated heterocycles. The molecule has 0 bridgehead atoms. The zero-order chi connectivity index (χ0) is 20.4. The highest BCUT2D eigenvalue weighted by atomic mass is 19.4. The van der Waals surface area contributed by atoms with Gasteiger partial charge in [-0.05, 0) is 19.4 Å². The van der Waals surface area contributed by atoms with Crippen LogP contribution in [-0.2, 0) is 10.9 Å². The highest BCUT2D eigenvalue weighted by molar-refractivity contribution is 5.06. The molecule has 7 nitrogen and oxygen atoms in total. The van der Waals surface area contributed by atoms with Crippen LogP contribution in [0.15, 0.2) is 41.7 Å². The number of hydrogen-bond acceptors (Lipinski definition) is 6. The summed E-state index contributed by atoms with van der Waals surface area (Å²) in [5.41, 5.74) is -1.77. The van der Waals surface area contributed by atoms with E-state index in [-0.39, 0.29) is 6.10 Å². The van der Waals surface area contributed by atoms with Crippen LogP contribution in [0.3, 0.4) is 0 Å². The molecular formula is C16H19F4N3O4. The smallest absolute Gasteiger partial charge is 0.390 e. The quantitative estimate of drug-likeness (QED) is 0.586. The third-order valence-corrected chi connectivity index (χ3v) is 3.27. The molecule has 1 aliphatic rings. The first-order chi connectivity index (χ1) is 12.6. The summed E-state index contributed by atoms with van der Waals surface area (Å²) in [5.74, 6) is -0.400. The topological polar surface area (TPSA) is 108 Å². The molecule has 150 valence electrons. The van der Waals surface area contributed by atoms with Gasteiger partial charge < -0.3 is 19.9 Å². The Balaban J connectivity index is 0.000000208. The second-order valence-electron chi connectivity index (χ2n) is 5.41. The molecule has 3 atom stereocenters. The number of H-pyrrole nitrogens is 1. The Hall–Kier alpha value is -2.37. The summed E-state index contributed by atoms with van der Waals surface area (Å²) in [5, 5.41) is 18.1. The van der Waals surface area contributed by atoms with Gasteiger partial charge in [-0.2, -0.15) is 13.2 Å². The van der Waals surface area contributed by atoms with Crippen LogP contribution < -0.4 is 5.56 Å². The Morgan fingerprint density at radius 3 is 2.22 bits per heavy atom. The second kappa shape index (κ2) is 10.7. The molecule has 0 radical (unpaired) electrons. The van der Waals surface area contributed by atoms with Crippen molar-refractivity contribution in [3.63, 3.8) is 0 Å². The standard InChI is InChI=1S/C6H4F3NO.C6H12O3.C4H3FN2/c7-6(8,9)4-2-1-3-5(11)10-4;1-4-6(8)5(7)2-3-9-4;5-4-1-6-3-7-2-4/h1-3H,(H,10,11);4-8H,2-3H2,1H3;1-3H. The predicted octanol–water partition coefficient (Wildman–Crippen LogP) is 1.53. The van der Waals surface area contributed by atoms with Gasteiger partial charge >= 0.3 is 6.18 Å². The molecule has 0 amide bonds. The highest BCUT2D eigenvalue weighted by Crippen LogP contribution is 2.25. The van der Waals surface area contributed by atoms with E-state index in [1.807, 2.05) is 0 Å². The molecule has 0 aromatic carbocycles. The van der Waals surface area contributed by atoms with Crippen molar-refractivity contribution in [1.29, 1.82) is 0 Å². The molecule has 2 aromatic heterocycles. The highest BCUT2D eigenvalue weighted by Gasteiger charge is 2.31. The van der Waals surface area contributed by atoms with Gasteiger partial charge in [-0.15, -0.1) is 0 Å². The number of nitrogens with zero attached hydrogens (tertiary/aromatic N) is 2. The zero-order valence-electron chi connectivity index (χ0n) is 14.2. The van der Waals surface area contributed by atoms with E-state index >= 15 is 0 Å². The number of nitrogens with one attached hydrogen (secondary N) is 1. The fourth-order valence-corrected chi connectivity index (χ4v) is 1.85. The molecule has 3 heterocycles. The van der Waals surface area contributed by atoms with Crippen molar-refractivity contribution in [1.82, 2.24) is 15.0 Å². The SMILES string of the molecule is CC1OCCC(O)C1O.Fc1cncnc1.O=c1cccc(C(F)(F)F)[nH]1. The first-order valence-electron chi connectivity index (χ1n) is 7.76. The molecule has 3 rings (SSSR count). The van der Waals surface area contributed by atoms with Gasteiger partial charge in [0.05, 0.1) is 24.6 Å². The number of alkyl halides is 3. The van der Waals surface area contributed by atoms with Gasteiger partial charge in [-0.3, -0.25) is 4.79 Å². The second-order valence-corrected chi connectivity index (χ2v) is 5.41. The van der Waals surface area contributed by atoms with Crippen LogP contribution >= 0.6 is 0 Å². The molecule has 2 aromatic rings. The van der Waals surface area contributed by atoms with E-state index in [4.69, 9.17) is 14.9 Å². The summed E-state index contributed by atoms with van der Waals surface area (Å²) < 4.78 is 52.2. The lowest BCUT2D eigenvalue weighted by Crippen LogP contribution is -2.42. The average molecular weight is 393 g/mol. The third-order valence-electron chi connectivity index (χ3n) is 3.27. The van der Waals surface area contributed by atoms with E-state index in [1.165, 1.54) is 6.33 Å². The largest absolute Gasteiger partial charge is 0.431 e. The van der Waals surface area contributed by atoms with Crippen LogP contribution in [0.2, 0.25) is 0 Å². The van der Waals surface area contributed by atoms with Crippen LogP contribution in [0.5, 0.6) is 0 Å². The van der Waals surface area contributed by atoms with Crippen LogP contribution in [0.1, 0.15) is 19.0 Å². The van der Waals surface area contributed by atoms with Crippen molar-refractivity contribution in [2.75, 3.05) is 6.61 Å². The zero-order valence-corrected chi connectivity index (χ0v) is 14.2. The number of hydrogen-bond donors (Lipinski definition) is 3. The first kappa shape index (κ1) is 22.7. The van der Waals surface area contributed by atoms with Crippen molar-refractivity contribution in [2.24, 2.45) is 0 Å². The maximum Gasteiger partial charge on any atom is 0.431 e. The Bertz CT molecular complexity index is 717. The number of aliphatic hydroxyl groups is 2. The van der Waals surface area contributed by atoms with E-state index in [9.17, 15) is 22.4 Å². The number of ether oxygens (including phenoxy) is 1. The van der Waals surface area contributed by atoms with Gasteiger partial charge in [0.15, 0.2) is 5.82 Å². The van der Waals surface area contributed by atoms with E-state index in [1.54, 1.807) is 11.9 Å². The maximum atomic E-state index is 11.8. The molecule has 1 fully saturated rings. The molecule has 0 aliphatic carbocycles. The molecule has 3 N–H and O–H groups in total. The maximum absolute atomic E-state index is 11.8. The lowest BCUT2D eigenvalue weighted by atomic mass is 10.0. The summed E-state index contributed by atoms with van der Waals surface area (Å²) in [6.07, 6.45) is -1.93. The molecule has 0 saturated carbocycles. The molecule has 1 aliphatic heterocycles. The lowest BCUT2D eigenvalue weighted by Gasteiger charge is -2.29. The van der Waals surface area contributed by atoms with Crippen LogP contribution in [0.4, 0.5) is 17.6 Å². The van der Waals surface area contributed by atoms with Gasteiger partial charge in [0.1, 0.15) is 18.1 Å². The van der Waals surface area contributed by atoms with Crippen molar-refractivity contribution >= 4 is 0 Å². The van der Waals surface area contributed by atoms with Crippen molar-refractivity contribution < 1.29 is 32.5 Å². The number of aliphatic hydroxyl groups excluding tert-OH is 2. The number of aromatic amines is 1. The minimum Gasteiger partial charge on any atom is -0.390 e. The normalized spacial score (nSPS) is 22.0. The van der Waals surface area contributed by atoms with E-state index < -0.39 is 35.5 Å². The molecule has 0 spiro atoms. The number of rotatable bonds is 0. The van der Waals surface area contributed by atoms with E-state index in [0.29, 0.717) is 13.0 Å². The Kier molecular flexibility index (Phi) is 8.98. The minimum absolute atomic E-state index is 0.214. The Morgan fingerprint density at radius 2 is 1.85 bits per heavy atom. The molecular weight excluding hydrogens is 374 g/mol. The van der Waals surface area contributed by atoms with E-state index in [0.717, 1.165) is 30.6 Å². The predicted molar refractivity (Wildman–Crippen MR) is 86.1 cm³/mol. The molecule has 3 unspecified atom stereocenters. The third kappa shape index (κ3) is 8.71. The Labute approximate surface area is 151 Å². The average Bonchev–Trinajstić information content (AvgIpc) is 2.61. The summed E-state index contributed by atoms with van der Waals surface area (Å²) >= 11 is 0. The van der Waals surface area contributed by atoms with Crippen LogP contribution in [0.25, 0.3) is 0 Å². The fraction of sp³-hybridized carbons (Fsp3) is 0.438. The van der Waals surface area contributed by atoms with Gasteiger partial charge in [-0.1, -0.05) is 6.07 Å². The summed E-state index contributed by atoms with van der Waals surface area (Å²) in [7, 11) is 0. The minimum atomic E-state index is -4.47. The number of pyridine rings is 1. The Morgan fingerprint density at radius 1 is 1.22 bits per heavy atom. The fourth-order valence-electron chi connectivity index (χ4n) is 1.85. The van der Waals surface area contributed by atoms with Gasteiger partial charge in [0.2, 0.25) is 5.56 Å². The molecule has 11 heteroatoms. The van der Waals surface area contributed by atoms with Crippen molar-refractivity contribution in [2.45, 2.75) is 37.8 Å². The monoisotopic (exact) mass is 393 g/mol. The number of halogens is 4. The number of aromatic nitrogens is 3. The van der Waals surface area contributed by atoms with Crippen LogP contribution in [0, 0.1) is 5.82 Å². The van der Waals surface area contributed by atoms with Crippen molar-refractivity contribution in [3.05, 3.63) is 58.8 Å². The van der Waals surface area contributed by atoms with Gasteiger partial charge in [0, 0.05) is 12.7 Å². The summed E-state index contributed by atoms with van der Waals surface area (Å²) in [6.45, 7) is 2.31. The molecule has 27 heavy (non-hydrogen) atoms. The van der Waals surface area contributed by atoms with Crippen molar-refractivity contribution in [3.8, 4) is 0 Å². The lowest BCUT2D eigenvalue weighted by molar-refractivity contribution is -0.141. The van der Waals surface area contributed by atoms with Gasteiger partial charge in [-0.25, -0.2) is 14.4 Å². The van der Waals surface area contributed by atoms with E-state index in [2.05, 4.69) is 9.97 Å². The first-order valence-corrected chi connectivity index (χ1v) is 7.76. The summed E-state index contributed by atoms with van der Waals surface area (Å²) in [4.78, 5) is 18.8. The van der Waals surface area contributed by atoms with Crippen LogP contribution in [-0.4, -0.2) is 50.1 Å².